The number of rotatable bonds is 5. The van der Waals surface area contributed by atoms with Gasteiger partial charge in [0, 0.05) is 16.1 Å². The fraction of sp³-hybridized carbons (Fsp3) is 0.0500. The van der Waals surface area contributed by atoms with Crippen LogP contribution in [0.3, 0.4) is 0 Å². The standard InChI is InChI=1S/C20H14Cl3NO2/c21-16-8-2-1-5-14(16)12-26-15-7-3-6-13(11-15)20(25)24-18-10-4-9-17(22)19(18)23/h1-11H,12H2,(H,24,25). The van der Waals surface area contributed by atoms with Gasteiger partial charge in [-0.25, -0.2) is 0 Å². The molecule has 0 bridgehead atoms. The van der Waals surface area contributed by atoms with Gasteiger partial charge in [0.2, 0.25) is 0 Å². The summed E-state index contributed by atoms with van der Waals surface area (Å²) < 4.78 is 5.75. The van der Waals surface area contributed by atoms with Gasteiger partial charge >= 0.3 is 0 Å². The molecule has 0 aliphatic carbocycles. The molecule has 132 valence electrons. The number of halogens is 3. The topological polar surface area (TPSA) is 38.3 Å². The van der Waals surface area contributed by atoms with Crippen LogP contribution in [-0.4, -0.2) is 5.91 Å². The SMILES string of the molecule is O=C(Nc1cccc(Cl)c1Cl)c1cccc(OCc2ccccc2Cl)c1. The minimum absolute atomic E-state index is 0.300. The van der Waals surface area contributed by atoms with Gasteiger partial charge in [0.15, 0.2) is 0 Å². The Morgan fingerprint density at radius 1 is 0.885 bits per heavy atom. The predicted octanol–water partition coefficient (Wildman–Crippen LogP) is 6.48. The zero-order valence-electron chi connectivity index (χ0n) is 13.5. The Kier molecular flexibility index (Phi) is 6.04. The third kappa shape index (κ3) is 4.50. The van der Waals surface area contributed by atoms with Gasteiger partial charge in [-0.15, -0.1) is 0 Å². The van der Waals surface area contributed by atoms with Crippen LogP contribution in [0, 0.1) is 0 Å². The lowest BCUT2D eigenvalue weighted by molar-refractivity contribution is 0.102. The van der Waals surface area contributed by atoms with Gasteiger partial charge in [-0.3, -0.25) is 4.79 Å². The first-order valence-electron chi connectivity index (χ1n) is 7.76. The Morgan fingerprint density at radius 2 is 1.62 bits per heavy atom. The summed E-state index contributed by atoms with van der Waals surface area (Å²) in [6.07, 6.45) is 0. The molecule has 0 atom stereocenters. The van der Waals surface area contributed by atoms with Crippen molar-refractivity contribution in [2.45, 2.75) is 6.61 Å². The number of carbonyl (C=O) groups is 1. The highest BCUT2D eigenvalue weighted by atomic mass is 35.5. The number of amides is 1. The first-order chi connectivity index (χ1) is 12.5. The Labute approximate surface area is 166 Å². The number of benzene rings is 3. The first-order valence-corrected chi connectivity index (χ1v) is 8.89. The zero-order chi connectivity index (χ0) is 18.5. The highest BCUT2D eigenvalue weighted by Gasteiger charge is 2.11. The van der Waals surface area contributed by atoms with Gasteiger partial charge < -0.3 is 10.1 Å². The van der Waals surface area contributed by atoms with Crippen LogP contribution in [0.1, 0.15) is 15.9 Å². The maximum Gasteiger partial charge on any atom is 0.255 e. The Hall–Kier alpha value is -2.20. The fourth-order valence-electron chi connectivity index (χ4n) is 2.30. The van der Waals surface area contributed by atoms with Crippen molar-refractivity contribution in [1.29, 1.82) is 0 Å². The number of hydrogen-bond donors (Lipinski definition) is 1. The van der Waals surface area contributed by atoms with Gasteiger partial charge in [0.1, 0.15) is 12.4 Å². The van der Waals surface area contributed by atoms with Crippen molar-refractivity contribution >= 4 is 46.4 Å². The molecule has 0 saturated heterocycles. The van der Waals surface area contributed by atoms with Crippen LogP contribution in [-0.2, 0) is 6.61 Å². The Balaban J connectivity index is 1.71. The monoisotopic (exact) mass is 405 g/mol. The van der Waals surface area contributed by atoms with Crippen molar-refractivity contribution in [3.63, 3.8) is 0 Å². The zero-order valence-corrected chi connectivity index (χ0v) is 15.8. The van der Waals surface area contributed by atoms with Crippen LogP contribution in [0.5, 0.6) is 5.75 Å². The molecule has 26 heavy (non-hydrogen) atoms. The molecule has 3 nitrogen and oxygen atoms in total. The molecule has 1 amide bonds. The van der Waals surface area contributed by atoms with Crippen LogP contribution in [0.2, 0.25) is 15.1 Å². The summed E-state index contributed by atoms with van der Waals surface area (Å²) in [4.78, 5) is 12.5. The van der Waals surface area contributed by atoms with E-state index < -0.39 is 0 Å². The summed E-state index contributed by atoms with van der Waals surface area (Å²) in [5, 5.41) is 4.06. The molecule has 0 unspecified atom stereocenters. The summed E-state index contributed by atoms with van der Waals surface area (Å²) in [5.74, 6) is 0.257. The van der Waals surface area contributed by atoms with E-state index in [0.29, 0.717) is 38.7 Å². The third-order valence-corrected chi connectivity index (χ3v) is 4.84. The average Bonchev–Trinajstić information content (AvgIpc) is 2.65. The highest BCUT2D eigenvalue weighted by Crippen LogP contribution is 2.30. The number of hydrogen-bond acceptors (Lipinski definition) is 2. The van der Waals surface area contributed by atoms with E-state index in [-0.39, 0.29) is 5.91 Å². The van der Waals surface area contributed by atoms with Gasteiger partial charge in [-0.1, -0.05) is 65.1 Å². The van der Waals surface area contributed by atoms with Crippen LogP contribution < -0.4 is 10.1 Å². The first kappa shape index (κ1) is 18.6. The van der Waals surface area contributed by atoms with Gasteiger partial charge in [0.25, 0.3) is 5.91 Å². The van der Waals surface area contributed by atoms with E-state index in [4.69, 9.17) is 39.5 Å². The van der Waals surface area contributed by atoms with E-state index in [9.17, 15) is 4.79 Å². The van der Waals surface area contributed by atoms with Crippen molar-refractivity contribution in [2.24, 2.45) is 0 Å². The molecule has 0 aliphatic heterocycles. The lowest BCUT2D eigenvalue weighted by Gasteiger charge is -2.11. The molecule has 0 heterocycles. The molecule has 1 N–H and O–H groups in total. The van der Waals surface area contributed by atoms with Crippen LogP contribution in [0.4, 0.5) is 5.69 Å². The van der Waals surface area contributed by atoms with Crippen LogP contribution in [0.25, 0.3) is 0 Å². The number of anilines is 1. The van der Waals surface area contributed by atoms with Crippen molar-refractivity contribution in [3.05, 3.63) is 92.9 Å². The predicted molar refractivity (Wildman–Crippen MR) is 107 cm³/mol. The molecule has 0 radical (unpaired) electrons. The van der Waals surface area contributed by atoms with E-state index >= 15 is 0 Å². The second kappa shape index (κ2) is 8.45. The molecule has 3 aromatic carbocycles. The van der Waals surface area contributed by atoms with E-state index in [1.54, 1.807) is 48.5 Å². The van der Waals surface area contributed by atoms with Gasteiger partial charge in [-0.05, 0) is 36.4 Å². The number of ether oxygens (including phenoxy) is 1. The summed E-state index contributed by atoms with van der Waals surface area (Å²) in [5.41, 5.74) is 1.76. The van der Waals surface area contributed by atoms with Crippen LogP contribution >= 0.6 is 34.8 Å². The minimum atomic E-state index is -0.308. The molecule has 3 rings (SSSR count). The quantitative estimate of drug-likeness (QED) is 0.526. The average molecular weight is 407 g/mol. The fourth-order valence-corrected chi connectivity index (χ4v) is 2.84. The summed E-state index contributed by atoms with van der Waals surface area (Å²) in [7, 11) is 0. The van der Waals surface area contributed by atoms with Gasteiger partial charge in [-0.2, -0.15) is 0 Å². The summed E-state index contributed by atoms with van der Waals surface area (Å²) >= 11 is 18.2. The molecule has 0 fully saturated rings. The lowest BCUT2D eigenvalue weighted by Crippen LogP contribution is -2.12. The number of nitrogens with one attached hydrogen (secondary N) is 1. The molecular formula is C20H14Cl3NO2. The second-order valence-corrected chi connectivity index (χ2v) is 6.66. The molecule has 3 aromatic rings. The minimum Gasteiger partial charge on any atom is -0.489 e. The van der Waals surface area contributed by atoms with Crippen molar-refractivity contribution < 1.29 is 9.53 Å². The molecule has 0 aliphatic rings. The van der Waals surface area contributed by atoms with Crippen molar-refractivity contribution in [3.8, 4) is 5.75 Å². The molecule has 6 heteroatoms. The van der Waals surface area contributed by atoms with Gasteiger partial charge in [0.05, 0.1) is 15.7 Å². The Morgan fingerprint density at radius 3 is 2.42 bits per heavy atom. The molecule has 0 aromatic heterocycles. The summed E-state index contributed by atoms with van der Waals surface area (Å²) in [6, 6.07) is 19.4. The highest BCUT2D eigenvalue weighted by molar-refractivity contribution is 6.44. The van der Waals surface area contributed by atoms with E-state index in [0.717, 1.165) is 5.56 Å². The smallest absolute Gasteiger partial charge is 0.255 e. The second-order valence-electron chi connectivity index (χ2n) is 5.46. The molecule has 0 saturated carbocycles. The summed E-state index contributed by atoms with van der Waals surface area (Å²) in [6.45, 7) is 0.310. The Bertz CT molecular complexity index is 944. The molecular weight excluding hydrogens is 393 g/mol. The third-order valence-electron chi connectivity index (χ3n) is 3.65. The van der Waals surface area contributed by atoms with E-state index in [2.05, 4.69) is 5.32 Å². The lowest BCUT2D eigenvalue weighted by atomic mass is 10.2. The van der Waals surface area contributed by atoms with Crippen molar-refractivity contribution in [2.75, 3.05) is 5.32 Å². The van der Waals surface area contributed by atoms with E-state index in [1.165, 1.54) is 0 Å². The number of carbonyl (C=O) groups excluding carboxylic acids is 1. The maximum atomic E-state index is 12.5. The molecule has 0 spiro atoms. The van der Waals surface area contributed by atoms with Crippen molar-refractivity contribution in [1.82, 2.24) is 0 Å². The normalized spacial score (nSPS) is 10.4. The largest absolute Gasteiger partial charge is 0.489 e. The van der Waals surface area contributed by atoms with E-state index in [1.807, 2.05) is 18.2 Å². The van der Waals surface area contributed by atoms with Crippen LogP contribution in [0.15, 0.2) is 66.7 Å². The maximum absolute atomic E-state index is 12.5.